The van der Waals surface area contributed by atoms with Crippen LogP contribution in [0.5, 0.6) is 0 Å². The van der Waals surface area contributed by atoms with Gasteiger partial charge in [-0.1, -0.05) is 24.3 Å². The van der Waals surface area contributed by atoms with E-state index in [2.05, 4.69) is 10.6 Å². The van der Waals surface area contributed by atoms with Crippen molar-refractivity contribution in [3.05, 3.63) is 82.0 Å². The SMILES string of the molecule is O=C(CCNC(=O)c1cccs1)Nc1cccc(N2C(=O)c3ccccc3C2=O)c1. The van der Waals surface area contributed by atoms with E-state index in [-0.39, 0.29) is 24.8 Å². The second-order valence-corrected chi connectivity index (χ2v) is 7.52. The van der Waals surface area contributed by atoms with Crippen molar-refractivity contribution in [3.63, 3.8) is 0 Å². The number of imide groups is 1. The fraction of sp³-hybridized carbons (Fsp3) is 0.0909. The molecule has 150 valence electrons. The molecule has 0 spiro atoms. The molecule has 2 aromatic carbocycles. The van der Waals surface area contributed by atoms with E-state index in [1.165, 1.54) is 11.3 Å². The average Bonchev–Trinajstić information content (AvgIpc) is 3.36. The van der Waals surface area contributed by atoms with Crippen molar-refractivity contribution in [1.82, 2.24) is 5.32 Å². The highest BCUT2D eigenvalue weighted by Gasteiger charge is 2.36. The average molecular weight is 419 g/mol. The lowest BCUT2D eigenvalue weighted by molar-refractivity contribution is -0.116. The monoisotopic (exact) mass is 419 g/mol. The zero-order chi connectivity index (χ0) is 21.1. The van der Waals surface area contributed by atoms with Gasteiger partial charge in [0.25, 0.3) is 17.7 Å². The van der Waals surface area contributed by atoms with Crippen molar-refractivity contribution in [2.24, 2.45) is 0 Å². The number of carbonyl (C=O) groups excluding carboxylic acids is 4. The van der Waals surface area contributed by atoms with Crippen LogP contribution in [0.25, 0.3) is 0 Å². The van der Waals surface area contributed by atoms with Crippen LogP contribution in [-0.2, 0) is 4.79 Å². The van der Waals surface area contributed by atoms with Crippen LogP contribution in [0, 0.1) is 0 Å². The van der Waals surface area contributed by atoms with Gasteiger partial charge in [-0.3, -0.25) is 19.2 Å². The molecule has 2 N–H and O–H groups in total. The summed E-state index contributed by atoms with van der Waals surface area (Å²) in [4.78, 5) is 51.0. The van der Waals surface area contributed by atoms with Crippen LogP contribution in [0.1, 0.15) is 36.8 Å². The van der Waals surface area contributed by atoms with Crippen LogP contribution in [0.3, 0.4) is 0 Å². The Morgan fingerprint density at radius 3 is 2.30 bits per heavy atom. The fourth-order valence-electron chi connectivity index (χ4n) is 3.15. The molecule has 1 aliphatic heterocycles. The van der Waals surface area contributed by atoms with Gasteiger partial charge in [0.15, 0.2) is 0 Å². The Morgan fingerprint density at radius 2 is 1.63 bits per heavy atom. The number of anilines is 2. The first kappa shape index (κ1) is 19.5. The highest BCUT2D eigenvalue weighted by atomic mass is 32.1. The first-order valence-electron chi connectivity index (χ1n) is 9.24. The van der Waals surface area contributed by atoms with E-state index in [0.717, 1.165) is 4.90 Å². The number of thiophene rings is 1. The normalized spacial score (nSPS) is 12.6. The van der Waals surface area contributed by atoms with Gasteiger partial charge in [0.1, 0.15) is 0 Å². The van der Waals surface area contributed by atoms with Crippen molar-refractivity contribution in [2.75, 3.05) is 16.8 Å². The molecule has 4 rings (SSSR count). The van der Waals surface area contributed by atoms with E-state index in [9.17, 15) is 19.2 Å². The molecular formula is C22H17N3O4S. The third-order valence-corrected chi connectivity index (χ3v) is 5.43. The van der Waals surface area contributed by atoms with Crippen LogP contribution in [-0.4, -0.2) is 30.2 Å². The molecule has 8 heteroatoms. The van der Waals surface area contributed by atoms with Crippen molar-refractivity contribution < 1.29 is 19.2 Å². The zero-order valence-corrected chi connectivity index (χ0v) is 16.6. The van der Waals surface area contributed by atoms with Gasteiger partial charge in [-0.2, -0.15) is 0 Å². The maximum atomic E-state index is 12.6. The molecular weight excluding hydrogens is 402 g/mol. The molecule has 0 atom stereocenters. The molecule has 0 aliphatic carbocycles. The van der Waals surface area contributed by atoms with Crippen LogP contribution in [0.4, 0.5) is 11.4 Å². The van der Waals surface area contributed by atoms with Crippen LogP contribution in [0.2, 0.25) is 0 Å². The van der Waals surface area contributed by atoms with Gasteiger partial charge in [0, 0.05) is 18.7 Å². The number of carbonyl (C=O) groups is 4. The summed E-state index contributed by atoms with van der Waals surface area (Å²) in [7, 11) is 0. The second kappa shape index (κ2) is 8.30. The number of hydrogen-bond donors (Lipinski definition) is 2. The van der Waals surface area contributed by atoms with Crippen molar-refractivity contribution in [3.8, 4) is 0 Å². The molecule has 30 heavy (non-hydrogen) atoms. The number of fused-ring (bicyclic) bond motifs is 1. The summed E-state index contributed by atoms with van der Waals surface area (Å²) in [5.41, 5.74) is 1.56. The lowest BCUT2D eigenvalue weighted by atomic mass is 10.1. The van der Waals surface area contributed by atoms with E-state index < -0.39 is 11.8 Å². The molecule has 1 aliphatic rings. The molecule has 2 heterocycles. The highest BCUT2D eigenvalue weighted by Crippen LogP contribution is 2.29. The minimum Gasteiger partial charge on any atom is -0.351 e. The molecule has 0 saturated heterocycles. The summed E-state index contributed by atoms with van der Waals surface area (Å²) in [5, 5.41) is 7.23. The lowest BCUT2D eigenvalue weighted by Gasteiger charge is -2.15. The number of hydrogen-bond acceptors (Lipinski definition) is 5. The minimum absolute atomic E-state index is 0.0916. The smallest absolute Gasteiger partial charge is 0.266 e. The lowest BCUT2D eigenvalue weighted by Crippen LogP contribution is -2.29. The highest BCUT2D eigenvalue weighted by molar-refractivity contribution is 7.12. The van der Waals surface area contributed by atoms with E-state index in [4.69, 9.17) is 0 Å². The van der Waals surface area contributed by atoms with Crippen LogP contribution in [0.15, 0.2) is 66.0 Å². The Morgan fingerprint density at radius 1 is 0.900 bits per heavy atom. The number of rotatable bonds is 6. The van der Waals surface area contributed by atoms with Gasteiger partial charge in [0.2, 0.25) is 5.91 Å². The third kappa shape index (κ3) is 3.85. The zero-order valence-electron chi connectivity index (χ0n) is 15.8. The Balaban J connectivity index is 1.38. The van der Waals surface area contributed by atoms with Gasteiger partial charge >= 0.3 is 0 Å². The van der Waals surface area contributed by atoms with E-state index in [1.807, 2.05) is 5.38 Å². The predicted molar refractivity (Wildman–Crippen MR) is 114 cm³/mol. The first-order valence-corrected chi connectivity index (χ1v) is 10.1. The fourth-order valence-corrected chi connectivity index (χ4v) is 3.79. The predicted octanol–water partition coefficient (Wildman–Crippen LogP) is 3.31. The Kier molecular flexibility index (Phi) is 5.40. The number of nitrogens with one attached hydrogen (secondary N) is 2. The topological polar surface area (TPSA) is 95.6 Å². The summed E-state index contributed by atoms with van der Waals surface area (Å²) in [6.07, 6.45) is 0.0916. The van der Waals surface area contributed by atoms with Crippen LogP contribution < -0.4 is 15.5 Å². The van der Waals surface area contributed by atoms with Crippen molar-refractivity contribution in [2.45, 2.75) is 6.42 Å². The van der Waals surface area contributed by atoms with Gasteiger partial charge in [-0.15, -0.1) is 11.3 Å². The standard InChI is InChI=1S/C22H17N3O4S/c26-19(10-11-23-20(27)18-9-4-12-30-18)24-14-5-3-6-15(13-14)25-21(28)16-7-1-2-8-17(16)22(25)29/h1-9,12-13H,10-11H2,(H,23,27)(H,24,26). The van der Waals surface area contributed by atoms with E-state index in [1.54, 1.807) is 60.7 Å². The number of benzene rings is 2. The van der Waals surface area contributed by atoms with Gasteiger partial charge < -0.3 is 10.6 Å². The number of nitrogens with zero attached hydrogens (tertiary/aromatic N) is 1. The Labute approximate surface area is 176 Å². The van der Waals surface area contributed by atoms with Gasteiger partial charge in [-0.25, -0.2) is 4.90 Å². The molecule has 0 radical (unpaired) electrons. The van der Waals surface area contributed by atoms with Gasteiger partial charge in [0.05, 0.1) is 21.7 Å². The molecule has 3 aromatic rings. The maximum absolute atomic E-state index is 12.6. The number of amides is 4. The van der Waals surface area contributed by atoms with Crippen LogP contribution >= 0.6 is 11.3 Å². The molecule has 1 aromatic heterocycles. The molecule has 0 saturated carbocycles. The Bertz CT molecular complexity index is 1110. The molecule has 4 amide bonds. The summed E-state index contributed by atoms with van der Waals surface area (Å²) in [6.45, 7) is 0.195. The van der Waals surface area contributed by atoms with E-state index in [0.29, 0.717) is 27.4 Å². The van der Waals surface area contributed by atoms with E-state index >= 15 is 0 Å². The summed E-state index contributed by atoms with van der Waals surface area (Å²) in [5.74, 6) is -1.29. The third-order valence-electron chi connectivity index (χ3n) is 4.56. The first-order chi connectivity index (χ1) is 14.5. The van der Waals surface area contributed by atoms with Crippen molar-refractivity contribution in [1.29, 1.82) is 0 Å². The summed E-state index contributed by atoms with van der Waals surface area (Å²) >= 11 is 1.33. The molecule has 7 nitrogen and oxygen atoms in total. The quantitative estimate of drug-likeness (QED) is 0.599. The Hall–Kier alpha value is -3.78. The molecule has 0 bridgehead atoms. The largest absolute Gasteiger partial charge is 0.351 e. The van der Waals surface area contributed by atoms with Crippen molar-refractivity contribution >= 4 is 46.3 Å². The summed E-state index contributed by atoms with van der Waals surface area (Å²) < 4.78 is 0. The molecule has 0 fully saturated rings. The minimum atomic E-state index is -0.393. The summed E-state index contributed by atoms with van der Waals surface area (Å²) in [6, 6.07) is 16.7. The second-order valence-electron chi connectivity index (χ2n) is 6.57. The van der Waals surface area contributed by atoms with Gasteiger partial charge in [-0.05, 0) is 41.8 Å². The maximum Gasteiger partial charge on any atom is 0.266 e. The molecule has 0 unspecified atom stereocenters.